The molecule has 2 rings (SSSR count). The highest BCUT2D eigenvalue weighted by atomic mass is 32.1. The van der Waals surface area contributed by atoms with Crippen LogP contribution in [-0.4, -0.2) is 22.0 Å². The highest BCUT2D eigenvalue weighted by Gasteiger charge is 2.08. The zero-order valence-corrected chi connectivity index (χ0v) is 11.4. The van der Waals surface area contributed by atoms with Crippen LogP contribution in [0.2, 0.25) is 0 Å². The number of hydrogen-bond acceptors (Lipinski definition) is 3. The van der Waals surface area contributed by atoms with Gasteiger partial charge in [0, 0.05) is 6.54 Å². The van der Waals surface area contributed by atoms with E-state index in [1.54, 1.807) is 18.2 Å². The standard InChI is InChI=1S/C13H15N3O2S/c1-2-7-14-11(17)8-16-12(18)9-5-3-4-6-10(9)15-13(16)19/h3-6H,2,7-8H2,1H3,(H,14,17)(H,15,19). The molecule has 0 bridgehead atoms. The molecule has 0 aliphatic carbocycles. The number of H-pyrrole nitrogens is 1. The number of aromatic nitrogens is 2. The van der Waals surface area contributed by atoms with Crippen LogP contribution in [-0.2, 0) is 11.3 Å². The molecule has 5 nitrogen and oxygen atoms in total. The lowest BCUT2D eigenvalue weighted by atomic mass is 10.2. The minimum absolute atomic E-state index is 0.0565. The first-order valence-corrected chi connectivity index (χ1v) is 6.53. The van der Waals surface area contributed by atoms with E-state index in [1.807, 2.05) is 13.0 Å². The van der Waals surface area contributed by atoms with Crippen LogP contribution in [0.15, 0.2) is 29.1 Å². The molecule has 0 aliphatic heterocycles. The molecular formula is C13H15N3O2S. The summed E-state index contributed by atoms with van der Waals surface area (Å²) in [5.74, 6) is -0.210. The van der Waals surface area contributed by atoms with E-state index in [2.05, 4.69) is 10.3 Å². The van der Waals surface area contributed by atoms with Gasteiger partial charge in [0.1, 0.15) is 6.54 Å². The molecule has 2 N–H and O–H groups in total. The molecule has 2 aromatic rings. The third kappa shape index (κ3) is 2.90. The van der Waals surface area contributed by atoms with Crippen molar-refractivity contribution in [3.8, 4) is 0 Å². The largest absolute Gasteiger partial charge is 0.355 e. The molecule has 0 spiro atoms. The van der Waals surface area contributed by atoms with E-state index in [4.69, 9.17) is 12.2 Å². The number of rotatable bonds is 4. The molecular weight excluding hydrogens is 262 g/mol. The summed E-state index contributed by atoms with van der Waals surface area (Å²) in [7, 11) is 0. The number of aromatic amines is 1. The summed E-state index contributed by atoms with van der Waals surface area (Å²) >= 11 is 5.13. The van der Waals surface area contributed by atoms with Gasteiger partial charge in [-0.3, -0.25) is 14.2 Å². The molecule has 1 heterocycles. The van der Waals surface area contributed by atoms with Crippen molar-refractivity contribution in [2.45, 2.75) is 19.9 Å². The Kier molecular flexibility index (Phi) is 4.11. The Morgan fingerprint density at radius 3 is 2.89 bits per heavy atom. The highest BCUT2D eigenvalue weighted by molar-refractivity contribution is 7.71. The summed E-state index contributed by atoms with van der Waals surface area (Å²) in [6, 6.07) is 7.10. The maximum Gasteiger partial charge on any atom is 0.262 e. The number of nitrogens with one attached hydrogen (secondary N) is 2. The van der Waals surface area contributed by atoms with Gasteiger partial charge < -0.3 is 10.3 Å². The van der Waals surface area contributed by atoms with Gasteiger partial charge in [-0.1, -0.05) is 19.1 Å². The van der Waals surface area contributed by atoms with Crippen molar-refractivity contribution >= 4 is 29.0 Å². The van der Waals surface area contributed by atoms with Crippen molar-refractivity contribution < 1.29 is 4.79 Å². The van der Waals surface area contributed by atoms with Crippen molar-refractivity contribution in [2.75, 3.05) is 6.54 Å². The van der Waals surface area contributed by atoms with Crippen molar-refractivity contribution in [3.05, 3.63) is 39.4 Å². The van der Waals surface area contributed by atoms with E-state index in [9.17, 15) is 9.59 Å². The van der Waals surface area contributed by atoms with E-state index >= 15 is 0 Å². The van der Waals surface area contributed by atoms with Gasteiger partial charge in [0.05, 0.1) is 10.9 Å². The lowest BCUT2D eigenvalue weighted by Gasteiger charge is -2.08. The molecule has 1 aromatic carbocycles. The molecule has 0 saturated heterocycles. The molecule has 0 aliphatic rings. The quantitative estimate of drug-likeness (QED) is 0.834. The predicted molar refractivity (Wildman–Crippen MR) is 76.7 cm³/mol. The number of nitrogens with zero attached hydrogens (tertiary/aromatic N) is 1. The molecule has 0 unspecified atom stereocenters. The number of benzene rings is 1. The SMILES string of the molecule is CCCNC(=O)Cn1c(=S)[nH]c2ccccc2c1=O. The number of para-hydroxylation sites is 1. The predicted octanol–water partition coefficient (Wildman–Crippen LogP) is 1.59. The zero-order valence-electron chi connectivity index (χ0n) is 10.6. The fourth-order valence-electron chi connectivity index (χ4n) is 1.81. The molecule has 0 atom stereocenters. The van der Waals surface area contributed by atoms with Crippen LogP contribution in [0.4, 0.5) is 0 Å². The van der Waals surface area contributed by atoms with Crippen LogP contribution in [0.3, 0.4) is 0 Å². The average Bonchev–Trinajstić information content (AvgIpc) is 2.41. The first-order chi connectivity index (χ1) is 9.13. The Balaban J connectivity index is 2.41. The first-order valence-electron chi connectivity index (χ1n) is 6.12. The van der Waals surface area contributed by atoms with E-state index in [0.29, 0.717) is 17.4 Å². The third-order valence-corrected chi connectivity index (χ3v) is 3.09. The van der Waals surface area contributed by atoms with E-state index in [1.165, 1.54) is 4.57 Å². The fourth-order valence-corrected chi connectivity index (χ4v) is 2.06. The zero-order chi connectivity index (χ0) is 13.8. The molecule has 0 saturated carbocycles. The molecule has 1 amide bonds. The number of carbonyl (C=O) groups is 1. The van der Waals surface area contributed by atoms with E-state index < -0.39 is 0 Å². The highest BCUT2D eigenvalue weighted by Crippen LogP contribution is 2.05. The second-order valence-electron chi connectivity index (χ2n) is 4.22. The van der Waals surface area contributed by atoms with Crippen molar-refractivity contribution in [3.63, 3.8) is 0 Å². The Morgan fingerprint density at radius 1 is 1.42 bits per heavy atom. The van der Waals surface area contributed by atoms with Crippen LogP contribution >= 0.6 is 12.2 Å². The molecule has 0 radical (unpaired) electrons. The summed E-state index contributed by atoms with van der Waals surface area (Å²) in [5.41, 5.74) is 0.439. The summed E-state index contributed by atoms with van der Waals surface area (Å²) in [5, 5.41) is 3.25. The minimum Gasteiger partial charge on any atom is -0.355 e. The lowest BCUT2D eigenvalue weighted by molar-refractivity contribution is -0.121. The lowest BCUT2D eigenvalue weighted by Crippen LogP contribution is -2.33. The first kappa shape index (κ1) is 13.5. The Labute approximate surface area is 115 Å². The van der Waals surface area contributed by atoms with E-state index in [-0.39, 0.29) is 22.8 Å². The van der Waals surface area contributed by atoms with Crippen LogP contribution in [0.5, 0.6) is 0 Å². The fraction of sp³-hybridized carbons (Fsp3) is 0.308. The van der Waals surface area contributed by atoms with Gasteiger partial charge in [-0.2, -0.15) is 0 Å². The average molecular weight is 277 g/mol. The molecule has 0 fully saturated rings. The molecule has 1 aromatic heterocycles. The van der Waals surface area contributed by atoms with Gasteiger partial charge in [0.25, 0.3) is 5.56 Å². The van der Waals surface area contributed by atoms with Gasteiger partial charge in [-0.15, -0.1) is 0 Å². The second-order valence-corrected chi connectivity index (χ2v) is 4.60. The summed E-state index contributed by atoms with van der Waals surface area (Å²) in [6.45, 7) is 2.51. The van der Waals surface area contributed by atoms with Crippen molar-refractivity contribution in [2.24, 2.45) is 0 Å². The molecule has 100 valence electrons. The summed E-state index contributed by atoms with van der Waals surface area (Å²) in [6.07, 6.45) is 0.852. The number of hydrogen-bond donors (Lipinski definition) is 2. The summed E-state index contributed by atoms with van der Waals surface area (Å²) < 4.78 is 1.54. The smallest absolute Gasteiger partial charge is 0.262 e. The Morgan fingerprint density at radius 2 is 2.16 bits per heavy atom. The van der Waals surface area contributed by atoms with E-state index in [0.717, 1.165) is 6.42 Å². The van der Waals surface area contributed by atoms with Crippen LogP contribution in [0, 0.1) is 4.77 Å². The third-order valence-electron chi connectivity index (χ3n) is 2.76. The van der Waals surface area contributed by atoms with Gasteiger partial charge in [-0.05, 0) is 30.8 Å². The molecule has 19 heavy (non-hydrogen) atoms. The van der Waals surface area contributed by atoms with Gasteiger partial charge in [0.2, 0.25) is 5.91 Å². The van der Waals surface area contributed by atoms with Crippen LogP contribution in [0.1, 0.15) is 13.3 Å². The van der Waals surface area contributed by atoms with Gasteiger partial charge >= 0.3 is 0 Å². The van der Waals surface area contributed by atoms with Crippen LogP contribution in [0.25, 0.3) is 10.9 Å². The monoisotopic (exact) mass is 277 g/mol. The number of amides is 1. The second kappa shape index (κ2) is 5.79. The number of fused-ring (bicyclic) bond motifs is 1. The van der Waals surface area contributed by atoms with Crippen molar-refractivity contribution in [1.29, 1.82) is 0 Å². The summed E-state index contributed by atoms with van der Waals surface area (Å²) in [4.78, 5) is 26.9. The molecule has 6 heteroatoms. The maximum atomic E-state index is 12.3. The normalized spacial score (nSPS) is 10.6. The maximum absolute atomic E-state index is 12.3. The van der Waals surface area contributed by atoms with Gasteiger partial charge in [0.15, 0.2) is 4.77 Å². The Hall–Kier alpha value is -1.95. The Bertz CT molecular complexity index is 718. The topological polar surface area (TPSA) is 66.9 Å². The minimum atomic E-state index is -0.244. The van der Waals surface area contributed by atoms with Gasteiger partial charge in [-0.25, -0.2) is 0 Å². The van der Waals surface area contributed by atoms with Crippen molar-refractivity contribution in [1.82, 2.24) is 14.9 Å². The van der Waals surface area contributed by atoms with Crippen LogP contribution < -0.4 is 10.9 Å². The number of carbonyl (C=O) groups excluding carboxylic acids is 1.